The number of carbonyl (C=O) groups is 1. The molecule has 0 bridgehead atoms. The van der Waals surface area contributed by atoms with E-state index in [-0.39, 0.29) is 11.9 Å². The lowest BCUT2D eigenvalue weighted by Crippen LogP contribution is -2.26. The SMILES string of the molecule is CC(=O)N(c1nncc(-c2cccnc2)n1)c1ccccc1C. The second kappa shape index (κ2) is 6.31. The number of carbonyl (C=O) groups excluding carboxylic acids is 1. The second-order valence-corrected chi connectivity index (χ2v) is 5.02. The first-order chi connectivity index (χ1) is 11.2. The highest BCUT2D eigenvalue weighted by molar-refractivity contribution is 5.98. The smallest absolute Gasteiger partial charge is 0.257 e. The van der Waals surface area contributed by atoms with E-state index in [1.807, 2.05) is 43.3 Å². The molecule has 3 rings (SSSR count). The zero-order valence-corrected chi connectivity index (χ0v) is 12.8. The fourth-order valence-electron chi connectivity index (χ4n) is 2.27. The van der Waals surface area contributed by atoms with E-state index in [2.05, 4.69) is 20.2 Å². The molecule has 2 heterocycles. The molecule has 23 heavy (non-hydrogen) atoms. The molecular weight excluding hydrogens is 290 g/mol. The third-order valence-corrected chi connectivity index (χ3v) is 3.38. The molecule has 2 aromatic heterocycles. The Morgan fingerprint density at radius 2 is 1.91 bits per heavy atom. The minimum atomic E-state index is -0.176. The largest absolute Gasteiger partial charge is 0.274 e. The summed E-state index contributed by atoms with van der Waals surface area (Å²) in [7, 11) is 0. The van der Waals surface area contributed by atoms with Crippen molar-refractivity contribution in [2.45, 2.75) is 13.8 Å². The van der Waals surface area contributed by atoms with Crippen molar-refractivity contribution in [2.75, 3.05) is 4.90 Å². The number of benzene rings is 1. The molecule has 0 fully saturated rings. The third kappa shape index (κ3) is 3.06. The number of pyridine rings is 1. The molecule has 114 valence electrons. The van der Waals surface area contributed by atoms with Gasteiger partial charge in [0.15, 0.2) is 0 Å². The summed E-state index contributed by atoms with van der Waals surface area (Å²) in [5.74, 6) is 0.0672. The first-order valence-corrected chi connectivity index (χ1v) is 7.13. The number of rotatable bonds is 3. The average Bonchev–Trinajstić information content (AvgIpc) is 2.58. The maximum atomic E-state index is 12.2. The van der Waals surface area contributed by atoms with Crippen LogP contribution in [0.5, 0.6) is 0 Å². The molecule has 1 amide bonds. The fourth-order valence-corrected chi connectivity index (χ4v) is 2.27. The van der Waals surface area contributed by atoms with E-state index in [1.165, 1.54) is 11.8 Å². The van der Waals surface area contributed by atoms with E-state index in [4.69, 9.17) is 0 Å². The molecule has 6 heteroatoms. The summed E-state index contributed by atoms with van der Waals surface area (Å²) in [5.41, 5.74) is 3.13. The highest BCUT2D eigenvalue weighted by atomic mass is 16.2. The lowest BCUT2D eigenvalue weighted by molar-refractivity contribution is -0.115. The average molecular weight is 305 g/mol. The first-order valence-electron chi connectivity index (χ1n) is 7.13. The Hall–Kier alpha value is -3.15. The number of amides is 1. The zero-order valence-electron chi connectivity index (χ0n) is 12.8. The van der Waals surface area contributed by atoms with Gasteiger partial charge in [-0.05, 0) is 30.7 Å². The summed E-state index contributed by atoms with van der Waals surface area (Å²) in [6.07, 6.45) is 4.94. The van der Waals surface area contributed by atoms with E-state index in [1.54, 1.807) is 18.6 Å². The Kier molecular flexibility index (Phi) is 4.05. The summed E-state index contributed by atoms with van der Waals surface area (Å²) < 4.78 is 0. The summed E-state index contributed by atoms with van der Waals surface area (Å²) in [6.45, 7) is 3.41. The summed E-state index contributed by atoms with van der Waals surface area (Å²) in [5, 5.41) is 8.01. The monoisotopic (exact) mass is 305 g/mol. The molecule has 0 aliphatic heterocycles. The normalized spacial score (nSPS) is 10.3. The van der Waals surface area contributed by atoms with Crippen LogP contribution < -0.4 is 4.90 Å². The number of hydrogen-bond acceptors (Lipinski definition) is 5. The molecule has 0 aliphatic rings. The minimum absolute atomic E-state index is 0.176. The van der Waals surface area contributed by atoms with Crippen LogP contribution in [-0.2, 0) is 4.79 Å². The minimum Gasteiger partial charge on any atom is -0.274 e. The maximum absolute atomic E-state index is 12.2. The maximum Gasteiger partial charge on any atom is 0.257 e. The van der Waals surface area contributed by atoms with Crippen molar-refractivity contribution in [3.8, 4) is 11.3 Å². The molecule has 0 atom stereocenters. The van der Waals surface area contributed by atoms with Crippen LogP contribution >= 0.6 is 0 Å². The van der Waals surface area contributed by atoms with Crippen LogP contribution in [0.15, 0.2) is 55.0 Å². The summed E-state index contributed by atoms with van der Waals surface area (Å²) in [4.78, 5) is 22.2. The Morgan fingerprint density at radius 3 is 2.61 bits per heavy atom. The Labute approximate surface area is 133 Å². The van der Waals surface area contributed by atoms with Crippen LogP contribution in [0.3, 0.4) is 0 Å². The number of aromatic nitrogens is 4. The van der Waals surface area contributed by atoms with Crippen molar-refractivity contribution < 1.29 is 4.79 Å². The summed E-state index contributed by atoms with van der Waals surface area (Å²) >= 11 is 0. The first kappa shape index (κ1) is 14.8. The van der Waals surface area contributed by atoms with Crippen LogP contribution in [0.25, 0.3) is 11.3 Å². The van der Waals surface area contributed by atoms with E-state index in [9.17, 15) is 4.79 Å². The van der Waals surface area contributed by atoms with Gasteiger partial charge in [-0.2, -0.15) is 5.10 Å². The molecule has 0 radical (unpaired) electrons. The van der Waals surface area contributed by atoms with Crippen molar-refractivity contribution in [1.29, 1.82) is 0 Å². The van der Waals surface area contributed by atoms with Crippen molar-refractivity contribution in [3.63, 3.8) is 0 Å². The van der Waals surface area contributed by atoms with E-state index in [0.717, 1.165) is 16.8 Å². The van der Waals surface area contributed by atoms with Crippen molar-refractivity contribution in [3.05, 3.63) is 60.6 Å². The van der Waals surface area contributed by atoms with Gasteiger partial charge in [-0.25, -0.2) is 9.88 Å². The lowest BCUT2D eigenvalue weighted by atomic mass is 10.2. The molecule has 3 aromatic rings. The number of para-hydroxylation sites is 1. The van der Waals surface area contributed by atoms with Crippen LogP contribution in [0.4, 0.5) is 11.6 Å². The van der Waals surface area contributed by atoms with Crippen LogP contribution in [0.2, 0.25) is 0 Å². The number of anilines is 2. The molecule has 0 unspecified atom stereocenters. The predicted molar refractivity (Wildman–Crippen MR) is 87.1 cm³/mol. The van der Waals surface area contributed by atoms with Crippen molar-refractivity contribution in [2.24, 2.45) is 0 Å². The standard InChI is InChI=1S/C17H15N5O/c1-12-6-3-4-8-16(12)22(13(2)23)17-20-15(11-19-21-17)14-7-5-9-18-10-14/h3-11H,1-2H3. The van der Waals surface area contributed by atoms with E-state index >= 15 is 0 Å². The van der Waals surface area contributed by atoms with Gasteiger partial charge in [-0.1, -0.05) is 18.2 Å². The van der Waals surface area contributed by atoms with E-state index < -0.39 is 0 Å². The third-order valence-electron chi connectivity index (χ3n) is 3.38. The fraction of sp³-hybridized carbons (Fsp3) is 0.118. The molecule has 0 saturated heterocycles. The molecule has 0 N–H and O–H groups in total. The van der Waals surface area contributed by atoms with Crippen molar-refractivity contribution >= 4 is 17.5 Å². The molecule has 0 saturated carbocycles. The quantitative estimate of drug-likeness (QED) is 0.744. The topological polar surface area (TPSA) is 71.9 Å². The van der Waals surface area contributed by atoms with Gasteiger partial charge in [0.2, 0.25) is 5.91 Å². The van der Waals surface area contributed by atoms with Gasteiger partial charge in [0.25, 0.3) is 5.95 Å². The van der Waals surface area contributed by atoms with Crippen molar-refractivity contribution in [1.82, 2.24) is 20.2 Å². The number of hydrogen-bond donors (Lipinski definition) is 0. The molecule has 0 spiro atoms. The second-order valence-electron chi connectivity index (χ2n) is 5.02. The van der Waals surface area contributed by atoms with Gasteiger partial charge in [0.1, 0.15) is 0 Å². The molecule has 6 nitrogen and oxygen atoms in total. The molecule has 1 aromatic carbocycles. The van der Waals surface area contributed by atoms with Crippen LogP contribution in [0, 0.1) is 6.92 Å². The lowest BCUT2D eigenvalue weighted by Gasteiger charge is -2.20. The van der Waals surface area contributed by atoms with Crippen LogP contribution in [-0.4, -0.2) is 26.1 Å². The Morgan fingerprint density at radius 1 is 1.09 bits per heavy atom. The van der Waals surface area contributed by atoms with Gasteiger partial charge >= 0.3 is 0 Å². The Bertz CT molecular complexity index is 835. The van der Waals surface area contributed by atoms with Gasteiger partial charge in [-0.3, -0.25) is 9.78 Å². The summed E-state index contributed by atoms with van der Waals surface area (Å²) in [6, 6.07) is 11.3. The number of nitrogens with zero attached hydrogens (tertiary/aromatic N) is 5. The molecule has 0 aliphatic carbocycles. The van der Waals surface area contributed by atoms with Crippen LogP contribution in [0.1, 0.15) is 12.5 Å². The highest BCUT2D eigenvalue weighted by Gasteiger charge is 2.19. The highest BCUT2D eigenvalue weighted by Crippen LogP contribution is 2.26. The van der Waals surface area contributed by atoms with Gasteiger partial charge in [0.05, 0.1) is 17.6 Å². The zero-order chi connectivity index (χ0) is 16.2. The van der Waals surface area contributed by atoms with E-state index in [0.29, 0.717) is 5.69 Å². The van der Waals surface area contributed by atoms with Gasteiger partial charge in [0, 0.05) is 24.9 Å². The van der Waals surface area contributed by atoms with Gasteiger partial charge in [-0.15, -0.1) is 5.10 Å². The van der Waals surface area contributed by atoms with Gasteiger partial charge < -0.3 is 0 Å². The number of aryl methyl sites for hydroxylation is 1. The predicted octanol–water partition coefficient (Wildman–Crippen LogP) is 2.93. The molecular formula is C17H15N5O. The Balaban J connectivity index is 2.08.